The Hall–Kier alpha value is -2.13. The number of hydrogen-bond donors (Lipinski definition) is 1. The number of aliphatic hydroxyl groups is 1. The van der Waals surface area contributed by atoms with Gasteiger partial charge < -0.3 is 10.0 Å². The molecule has 1 aliphatic rings. The minimum Gasteiger partial charge on any atom is -0.384 e. The second-order valence-electron chi connectivity index (χ2n) is 5.75. The molecular formula is C18H19NO2. The van der Waals surface area contributed by atoms with Crippen LogP contribution in [-0.4, -0.2) is 18.1 Å². The number of nitrogens with zero attached hydrogens (tertiary/aromatic N) is 1. The molecule has 0 saturated carbocycles. The van der Waals surface area contributed by atoms with Crippen molar-refractivity contribution in [2.75, 3.05) is 11.9 Å². The molecule has 3 nitrogen and oxygen atoms in total. The monoisotopic (exact) mass is 281 g/mol. The van der Waals surface area contributed by atoms with Crippen LogP contribution in [0.3, 0.4) is 0 Å². The van der Waals surface area contributed by atoms with Crippen LogP contribution in [0.4, 0.5) is 5.69 Å². The molecule has 1 aliphatic heterocycles. The zero-order valence-electron chi connectivity index (χ0n) is 12.5. The summed E-state index contributed by atoms with van der Waals surface area (Å²) in [7, 11) is 1.79. The molecule has 2 unspecified atom stereocenters. The summed E-state index contributed by atoms with van der Waals surface area (Å²) in [6.45, 7) is 3.92. The smallest absolute Gasteiger partial charge is 0.234 e. The molecule has 2 aromatic rings. The normalized spacial score (nSPS) is 18.8. The largest absolute Gasteiger partial charge is 0.384 e. The van der Waals surface area contributed by atoms with E-state index in [1.165, 1.54) is 0 Å². The number of anilines is 1. The van der Waals surface area contributed by atoms with E-state index < -0.39 is 6.10 Å². The van der Waals surface area contributed by atoms with Gasteiger partial charge in [-0.15, -0.1) is 0 Å². The minimum atomic E-state index is -0.664. The summed E-state index contributed by atoms with van der Waals surface area (Å²) in [6.07, 6.45) is -0.664. The highest BCUT2D eigenvalue weighted by Crippen LogP contribution is 2.38. The Morgan fingerprint density at radius 1 is 1.14 bits per heavy atom. The number of amides is 1. The van der Waals surface area contributed by atoms with E-state index >= 15 is 0 Å². The first kappa shape index (κ1) is 13.8. The first-order valence-corrected chi connectivity index (χ1v) is 7.15. The zero-order valence-corrected chi connectivity index (χ0v) is 12.5. The van der Waals surface area contributed by atoms with Crippen molar-refractivity contribution >= 4 is 11.6 Å². The lowest BCUT2D eigenvalue weighted by atomic mass is 9.95. The quantitative estimate of drug-likeness (QED) is 0.918. The summed E-state index contributed by atoms with van der Waals surface area (Å²) in [5, 5.41) is 10.6. The maximum atomic E-state index is 12.0. The van der Waals surface area contributed by atoms with E-state index in [0.717, 1.165) is 27.9 Å². The highest BCUT2D eigenvalue weighted by Gasteiger charge is 2.32. The number of aryl methyl sites for hydroxylation is 1. The number of hydrogen-bond acceptors (Lipinski definition) is 2. The van der Waals surface area contributed by atoms with E-state index in [9.17, 15) is 9.90 Å². The fourth-order valence-corrected chi connectivity index (χ4v) is 2.97. The number of aliphatic hydroxyl groups excluding tert-OH is 1. The third kappa shape index (κ3) is 2.24. The molecule has 0 aliphatic carbocycles. The number of benzene rings is 2. The Balaban J connectivity index is 2.00. The molecule has 0 radical (unpaired) electrons. The van der Waals surface area contributed by atoms with Gasteiger partial charge in [-0.2, -0.15) is 0 Å². The molecule has 1 amide bonds. The van der Waals surface area contributed by atoms with Crippen LogP contribution in [0.5, 0.6) is 0 Å². The Morgan fingerprint density at radius 3 is 2.57 bits per heavy atom. The third-order valence-corrected chi connectivity index (χ3v) is 4.25. The van der Waals surface area contributed by atoms with Crippen LogP contribution in [0.25, 0.3) is 0 Å². The third-order valence-electron chi connectivity index (χ3n) is 4.25. The summed E-state index contributed by atoms with van der Waals surface area (Å²) in [5.74, 6) is -0.0399. The fraction of sp³-hybridized carbons (Fsp3) is 0.278. The van der Waals surface area contributed by atoms with Crippen molar-refractivity contribution in [2.45, 2.75) is 25.9 Å². The molecule has 21 heavy (non-hydrogen) atoms. The van der Waals surface area contributed by atoms with Crippen molar-refractivity contribution in [3.63, 3.8) is 0 Å². The van der Waals surface area contributed by atoms with E-state index in [-0.39, 0.29) is 11.8 Å². The van der Waals surface area contributed by atoms with E-state index in [0.29, 0.717) is 0 Å². The maximum Gasteiger partial charge on any atom is 0.234 e. The van der Waals surface area contributed by atoms with Gasteiger partial charge in [0, 0.05) is 12.7 Å². The Morgan fingerprint density at radius 2 is 1.86 bits per heavy atom. The van der Waals surface area contributed by atoms with Crippen molar-refractivity contribution in [3.8, 4) is 0 Å². The van der Waals surface area contributed by atoms with Gasteiger partial charge in [-0.3, -0.25) is 4.79 Å². The van der Waals surface area contributed by atoms with Crippen molar-refractivity contribution < 1.29 is 9.90 Å². The Kier molecular flexibility index (Phi) is 3.30. The first-order chi connectivity index (χ1) is 9.99. The van der Waals surface area contributed by atoms with Gasteiger partial charge in [-0.1, -0.05) is 35.9 Å². The molecule has 0 aromatic heterocycles. The van der Waals surface area contributed by atoms with Crippen molar-refractivity contribution in [2.24, 2.45) is 0 Å². The van der Waals surface area contributed by atoms with Crippen LogP contribution < -0.4 is 4.90 Å². The average Bonchev–Trinajstić information content (AvgIpc) is 2.71. The molecule has 2 atom stereocenters. The van der Waals surface area contributed by atoms with Gasteiger partial charge in [0.05, 0.1) is 5.92 Å². The number of carbonyl (C=O) groups excluding carboxylic acids is 1. The second-order valence-corrected chi connectivity index (χ2v) is 5.75. The predicted octanol–water partition coefficient (Wildman–Crippen LogP) is 3.16. The summed E-state index contributed by atoms with van der Waals surface area (Å²) < 4.78 is 0. The molecule has 0 saturated heterocycles. The van der Waals surface area contributed by atoms with Crippen molar-refractivity contribution in [1.29, 1.82) is 0 Å². The molecule has 0 spiro atoms. The highest BCUT2D eigenvalue weighted by molar-refractivity contribution is 6.04. The first-order valence-electron chi connectivity index (χ1n) is 7.15. The van der Waals surface area contributed by atoms with Gasteiger partial charge in [-0.05, 0) is 42.7 Å². The van der Waals surface area contributed by atoms with Gasteiger partial charge >= 0.3 is 0 Å². The Labute approximate surface area is 124 Å². The van der Waals surface area contributed by atoms with E-state index in [2.05, 4.69) is 0 Å². The molecule has 2 aromatic carbocycles. The second kappa shape index (κ2) is 5.01. The predicted molar refractivity (Wildman–Crippen MR) is 83.5 cm³/mol. The lowest BCUT2D eigenvalue weighted by Gasteiger charge is -2.15. The zero-order chi connectivity index (χ0) is 15.1. The van der Waals surface area contributed by atoms with Crippen LogP contribution in [0.2, 0.25) is 0 Å². The topological polar surface area (TPSA) is 40.5 Å². The van der Waals surface area contributed by atoms with Gasteiger partial charge in [0.1, 0.15) is 6.10 Å². The van der Waals surface area contributed by atoms with Gasteiger partial charge in [0.15, 0.2) is 0 Å². The molecule has 0 fully saturated rings. The van der Waals surface area contributed by atoms with Crippen LogP contribution >= 0.6 is 0 Å². The van der Waals surface area contributed by atoms with Crippen molar-refractivity contribution in [1.82, 2.24) is 0 Å². The number of carbonyl (C=O) groups is 1. The van der Waals surface area contributed by atoms with Crippen LogP contribution in [0.1, 0.15) is 41.2 Å². The van der Waals surface area contributed by atoms with E-state index in [1.54, 1.807) is 11.9 Å². The molecular weight excluding hydrogens is 262 g/mol. The minimum absolute atomic E-state index is 0.104. The van der Waals surface area contributed by atoms with Gasteiger partial charge in [-0.25, -0.2) is 0 Å². The molecule has 0 bridgehead atoms. The van der Waals surface area contributed by atoms with Crippen molar-refractivity contribution in [3.05, 3.63) is 64.7 Å². The summed E-state index contributed by atoms with van der Waals surface area (Å²) in [5.41, 5.74) is 4.75. The molecule has 1 heterocycles. The molecule has 108 valence electrons. The SMILES string of the molecule is Cc1cccc(C(O)c2ccc3c(c2)C(C)C(=O)N3C)c1. The fourth-order valence-electron chi connectivity index (χ4n) is 2.97. The van der Waals surface area contributed by atoms with Crippen LogP contribution in [0, 0.1) is 6.92 Å². The lowest BCUT2D eigenvalue weighted by Crippen LogP contribution is -2.22. The van der Waals surface area contributed by atoms with Gasteiger partial charge in [0.25, 0.3) is 0 Å². The summed E-state index contributed by atoms with van der Waals surface area (Å²) >= 11 is 0. The summed E-state index contributed by atoms with van der Waals surface area (Å²) in [4.78, 5) is 13.7. The Bertz CT molecular complexity index is 708. The van der Waals surface area contributed by atoms with Crippen LogP contribution in [-0.2, 0) is 4.79 Å². The maximum absolute atomic E-state index is 12.0. The average molecular weight is 281 g/mol. The molecule has 3 heteroatoms. The number of likely N-dealkylation sites (N-methyl/N-ethyl adjacent to an activating group) is 1. The highest BCUT2D eigenvalue weighted by atomic mass is 16.3. The molecule has 1 N–H and O–H groups in total. The van der Waals surface area contributed by atoms with Gasteiger partial charge in [0.2, 0.25) is 5.91 Å². The van der Waals surface area contributed by atoms with Crippen LogP contribution in [0.15, 0.2) is 42.5 Å². The van der Waals surface area contributed by atoms with E-state index in [4.69, 9.17) is 0 Å². The molecule has 3 rings (SSSR count). The van der Waals surface area contributed by atoms with E-state index in [1.807, 2.05) is 56.3 Å². The summed E-state index contributed by atoms with van der Waals surface area (Å²) in [6, 6.07) is 13.6. The number of rotatable bonds is 2. The lowest BCUT2D eigenvalue weighted by molar-refractivity contribution is -0.118. The standard InChI is InChI=1S/C18H19NO2/c1-11-5-4-6-13(9-11)17(20)14-7-8-16-15(10-14)12(2)18(21)19(16)3/h4-10,12,17,20H,1-3H3. The number of fused-ring (bicyclic) bond motifs is 1.